The number of alkyl carbamates (subject to hydrolysis) is 1. The van der Waals surface area contributed by atoms with Crippen LogP contribution in [-0.2, 0) is 9.47 Å². The van der Waals surface area contributed by atoms with E-state index in [2.05, 4.69) is 38.2 Å². The normalized spacial score (nSPS) is 26.6. The maximum atomic E-state index is 12.2. The Balaban J connectivity index is 1.20. The Morgan fingerprint density at radius 2 is 1.92 bits per heavy atom. The van der Waals surface area contributed by atoms with Crippen molar-refractivity contribution in [1.29, 1.82) is 0 Å². The van der Waals surface area contributed by atoms with Gasteiger partial charge in [-0.1, -0.05) is 12.1 Å². The lowest BCUT2D eigenvalue weighted by Gasteiger charge is -2.31. The van der Waals surface area contributed by atoms with Gasteiger partial charge in [0.05, 0.1) is 11.5 Å². The quantitative estimate of drug-likeness (QED) is 0.413. The van der Waals surface area contributed by atoms with Crippen molar-refractivity contribution in [2.24, 2.45) is 0 Å². The van der Waals surface area contributed by atoms with E-state index >= 15 is 0 Å². The molecule has 6 rings (SSSR count). The highest BCUT2D eigenvalue weighted by molar-refractivity contribution is 6.00. The molecule has 1 aromatic carbocycles. The van der Waals surface area contributed by atoms with Crippen molar-refractivity contribution in [1.82, 2.24) is 19.9 Å². The fourth-order valence-electron chi connectivity index (χ4n) is 6.43. The number of carbonyl (C=O) groups is 1. The lowest BCUT2D eigenvalue weighted by molar-refractivity contribution is -0.0198. The van der Waals surface area contributed by atoms with E-state index in [-0.39, 0.29) is 23.8 Å². The highest BCUT2D eigenvalue weighted by atomic mass is 16.6. The first-order valence-electron chi connectivity index (χ1n) is 14.2. The minimum absolute atomic E-state index is 0.101. The van der Waals surface area contributed by atoms with Crippen molar-refractivity contribution in [3.05, 3.63) is 36.8 Å². The minimum Gasteiger partial charge on any atom is -0.491 e. The second kappa shape index (κ2) is 10.0. The summed E-state index contributed by atoms with van der Waals surface area (Å²) in [4.78, 5) is 21.2. The summed E-state index contributed by atoms with van der Waals surface area (Å²) in [6.07, 6.45) is 11.8. The molecule has 9 heteroatoms. The number of nitrogen functional groups attached to an aromatic ring is 1. The summed E-state index contributed by atoms with van der Waals surface area (Å²) in [5.74, 6) is 1.29. The number of hydrogen-bond donors (Lipinski definition) is 2. The van der Waals surface area contributed by atoms with E-state index in [1.54, 1.807) is 0 Å². The van der Waals surface area contributed by atoms with E-state index < -0.39 is 5.60 Å². The van der Waals surface area contributed by atoms with Crippen LogP contribution < -0.4 is 15.8 Å². The molecule has 4 heterocycles. The SMILES string of the molecule is CC(C)(C)OC(=O)N[C@H]1CC[C@H](n2cc(-c3cccc(OCC45CCC(CC4)O5)c3)c3c(N)ncnc32)CC1. The summed E-state index contributed by atoms with van der Waals surface area (Å²) in [7, 11) is 0. The number of nitrogens with one attached hydrogen (secondary N) is 1. The van der Waals surface area contributed by atoms with Crippen LogP contribution in [-0.4, -0.2) is 50.6 Å². The van der Waals surface area contributed by atoms with Gasteiger partial charge in [-0.15, -0.1) is 0 Å². The molecule has 3 aromatic rings. The molecule has 0 atom stereocenters. The summed E-state index contributed by atoms with van der Waals surface area (Å²) >= 11 is 0. The van der Waals surface area contributed by atoms with E-state index in [1.165, 1.54) is 6.33 Å². The van der Waals surface area contributed by atoms with Crippen LogP contribution in [0.4, 0.5) is 10.6 Å². The third kappa shape index (κ3) is 5.41. The van der Waals surface area contributed by atoms with Gasteiger partial charge in [-0.05, 0) is 89.8 Å². The third-order valence-corrected chi connectivity index (χ3v) is 8.36. The molecule has 1 aliphatic carbocycles. The Kier molecular flexibility index (Phi) is 6.65. The van der Waals surface area contributed by atoms with E-state index in [9.17, 15) is 4.79 Å². The number of aromatic nitrogens is 3. The predicted octanol–water partition coefficient (Wildman–Crippen LogP) is 5.78. The van der Waals surface area contributed by atoms with Crippen LogP contribution in [0.3, 0.4) is 0 Å². The minimum atomic E-state index is -0.507. The molecule has 0 unspecified atom stereocenters. The molecule has 9 nitrogen and oxygen atoms in total. The van der Waals surface area contributed by atoms with Gasteiger partial charge in [0.1, 0.15) is 41.4 Å². The molecule has 3 N–H and O–H groups in total. The molecule has 39 heavy (non-hydrogen) atoms. The van der Waals surface area contributed by atoms with E-state index in [0.717, 1.165) is 79.3 Å². The van der Waals surface area contributed by atoms with Gasteiger partial charge in [-0.2, -0.15) is 0 Å². The summed E-state index contributed by atoms with van der Waals surface area (Å²) in [5.41, 5.74) is 8.64. The van der Waals surface area contributed by atoms with Crippen molar-refractivity contribution in [2.45, 2.75) is 102 Å². The van der Waals surface area contributed by atoms with Crippen molar-refractivity contribution in [3.63, 3.8) is 0 Å². The number of anilines is 1. The first-order chi connectivity index (χ1) is 18.7. The second-order valence-corrected chi connectivity index (χ2v) is 12.4. The van der Waals surface area contributed by atoms with E-state index in [1.807, 2.05) is 32.9 Å². The Labute approximate surface area is 229 Å². The van der Waals surface area contributed by atoms with Gasteiger partial charge in [0.25, 0.3) is 0 Å². The summed E-state index contributed by atoms with van der Waals surface area (Å²) in [6, 6.07) is 8.53. The van der Waals surface area contributed by atoms with Gasteiger partial charge in [0, 0.05) is 23.8 Å². The zero-order chi connectivity index (χ0) is 27.2. The molecule has 2 aromatic heterocycles. The summed E-state index contributed by atoms with van der Waals surface area (Å²) < 4.78 is 20.2. The number of nitrogens with zero attached hydrogens (tertiary/aromatic N) is 3. The van der Waals surface area contributed by atoms with Crippen LogP contribution in [0, 0.1) is 0 Å². The summed E-state index contributed by atoms with van der Waals surface area (Å²) in [6.45, 7) is 6.21. The molecule has 3 fully saturated rings. The van der Waals surface area contributed by atoms with Crippen LogP contribution in [0.1, 0.15) is 78.2 Å². The Bertz CT molecular complexity index is 1350. The number of amides is 1. The predicted molar refractivity (Wildman–Crippen MR) is 150 cm³/mol. The number of ether oxygens (including phenoxy) is 3. The van der Waals surface area contributed by atoms with Gasteiger partial charge < -0.3 is 29.8 Å². The molecule has 208 valence electrons. The monoisotopic (exact) mass is 533 g/mol. The first kappa shape index (κ1) is 25.9. The molecule has 3 aliphatic rings. The lowest BCUT2D eigenvalue weighted by atomic mass is 9.89. The fraction of sp³-hybridized carbons (Fsp3) is 0.567. The van der Waals surface area contributed by atoms with Gasteiger partial charge >= 0.3 is 6.09 Å². The molecule has 2 aliphatic heterocycles. The Morgan fingerprint density at radius 1 is 1.15 bits per heavy atom. The van der Waals surface area contributed by atoms with Crippen LogP contribution in [0.15, 0.2) is 36.8 Å². The van der Waals surface area contributed by atoms with Crippen LogP contribution >= 0.6 is 0 Å². The van der Waals surface area contributed by atoms with Crippen LogP contribution in [0.5, 0.6) is 5.75 Å². The third-order valence-electron chi connectivity index (χ3n) is 8.36. The highest BCUT2D eigenvalue weighted by Gasteiger charge is 2.46. The molecular formula is C30H39N5O4. The molecule has 1 saturated carbocycles. The molecule has 2 bridgehead atoms. The number of rotatable bonds is 6. The maximum Gasteiger partial charge on any atom is 0.407 e. The fourth-order valence-corrected chi connectivity index (χ4v) is 6.43. The van der Waals surface area contributed by atoms with Crippen molar-refractivity contribution in [3.8, 4) is 16.9 Å². The molecular weight excluding hydrogens is 494 g/mol. The van der Waals surface area contributed by atoms with E-state index in [4.69, 9.17) is 19.9 Å². The van der Waals surface area contributed by atoms with Gasteiger partial charge in [-0.25, -0.2) is 14.8 Å². The Morgan fingerprint density at radius 3 is 2.62 bits per heavy atom. The van der Waals surface area contributed by atoms with Crippen LogP contribution in [0.25, 0.3) is 22.2 Å². The highest BCUT2D eigenvalue weighted by Crippen LogP contribution is 2.44. The zero-order valence-electron chi connectivity index (χ0n) is 23.1. The molecule has 0 spiro atoms. The smallest absolute Gasteiger partial charge is 0.407 e. The summed E-state index contributed by atoms with van der Waals surface area (Å²) in [5, 5.41) is 3.89. The topological polar surface area (TPSA) is 114 Å². The largest absolute Gasteiger partial charge is 0.491 e. The lowest BCUT2D eigenvalue weighted by Crippen LogP contribution is -2.41. The van der Waals surface area contributed by atoms with Gasteiger partial charge in [0.2, 0.25) is 0 Å². The number of fused-ring (bicyclic) bond motifs is 3. The average molecular weight is 534 g/mol. The van der Waals surface area contributed by atoms with Crippen molar-refractivity contribution in [2.75, 3.05) is 12.3 Å². The zero-order valence-corrected chi connectivity index (χ0v) is 23.1. The number of nitrogens with two attached hydrogens (primary N) is 1. The second-order valence-electron chi connectivity index (χ2n) is 12.4. The van der Waals surface area contributed by atoms with Crippen LogP contribution in [0.2, 0.25) is 0 Å². The molecule has 1 amide bonds. The van der Waals surface area contributed by atoms with Crippen molar-refractivity contribution < 1.29 is 19.0 Å². The molecule has 2 saturated heterocycles. The molecule has 0 radical (unpaired) electrons. The van der Waals surface area contributed by atoms with Gasteiger partial charge in [-0.3, -0.25) is 0 Å². The van der Waals surface area contributed by atoms with Gasteiger partial charge in [0.15, 0.2) is 0 Å². The number of benzene rings is 1. The standard InChI is InChI=1S/C30H39N5O4/c1-29(2,3)39-28(36)34-20-7-9-21(10-8-20)35-16-24(25-26(31)32-18-33-27(25)35)19-5-4-6-23(15-19)37-17-30-13-11-22(38-30)12-14-30/h4-6,15-16,18,20-22H,7-14,17H2,1-3H3,(H,34,36)(H2,31,32,33)/t20-,21-,22?,30?. The average Bonchev–Trinajstić information content (AvgIpc) is 3.61. The number of carbonyl (C=O) groups excluding carboxylic acids is 1. The van der Waals surface area contributed by atoms with E-state index in [0.29, 0.717) is 18.5 Å². The number of hydrogen-bond acceptors (Lipinski definition) is 7. The first-order valence-corrected chi connectivity index (χ1v) is 14.2. The maximum absolute atomic E-state index is 12.2. The van der Waals surface area contributed by atoms with Crippen molar-refractivity contribution >= 4 is 22.9 Å². The Hall–Kier alpha value is -3.33.